The Bertz CT molecular complexity index is 922. The fourth-order valence-corrected chi connectivity index (χ4v) is 10.1. The maximum atomic E-state index is 14.2. The largest absolute Gasteiger partial charge is 0.379 e. The van der Waals surface area contributed by atoms with Crippen LogP contribution in [0.1, 0.15) is 85.0 Å². The molecule has 3 aliphatic heterocycles. The van der Waals surface area contributed by atoms with Gasteiger partial charge in [-0.1, -0.05) is 13.8 Å². The first kappa shape index (κ1) is 28.9. The number of hydrogen-bond donors (Lipinski definition) is 2. The van der Waals surface area contributed by atoms with E-state index in [-0.39, 0.29) is 48.3 Å². The van der Waals surface area contributed by atoms with Crippen molar-refractivity contribution in [1.82, 2.24) is 15.5 Å². The van der Waals surface area contributed by atoms with E-state index >= 15 is 0 Å². The van der Waals surface area contributed by atoms with Gasteiger partial charge in [-0.15, -0.1) is 0 Å². The van der Waals surface area contributed by atoms with Gasteiger partial charge >= 0.3 is 0 Å². The molecule has 6 fully saturated rings. The van der Waals surface area contributed by atoms with Crippen molar-refractivity contribution in [3.05, 3.63) is 0 Å². The summed E-state index contributed by atoms with van der Waals surface area (Å²) in [4.78, 5) is 29.6. The SMILES string of the molecule is COC1CCC2C3NCCC4C5CC(O[C@H](C)C(=O)NC6CCC(C(C)C)CC6)CCC5N(C(=O)C2C1OC)C43. The first-order chi connectivity index (χ1) is 19.3. The van der Waals surface area contributed by atoms with Crippen LogP contribution in [0.15, 0.2) is 0 Å². The van der Waals surface area contributed by atoms with E-state index in [4.69, 9.17) is 14.2 Å². The zero-order chi connectivity index (χ0) is 28.1. The van der Waals surface area contributed by atoms with Crippen molar-refractivity contribution in [1.29, 1.82) is 0 Å². The summed E-state index contributed by atoms with van der Waals surface area (Å²) in [5.41, 5.74) is 0. The van der Waals surface area contributed by atoms with Crippen molar-refractivity contribution in [3.8, 4) is 0 Å². The molecule has 2 amide bonds. The monoisotopic (exact) mass is 559 g/mol. The Morgan fingerprint density at radius 2 is 1.70 bits per heavy atom. The topological polar surface area (TPSA) is 89.1 Å². The predicted molar refractivity (Wildman–Crippen MR) is 153 cm³/mol. The first-order valence-corrected chi connectivity index (χ1v) is 16.4. The van der Waals surface area contributed by atoms with Gasteiger partial charge in [-0.25, -0.2) is 0 Å². The number of nitrogens with one attached hydrogen (secondary N) is 2. The van der Waals surface area contributed by atoms with E-state index in [0.29, 0.717) is 29.7 Å². The summed E-state index contributed by atoms with van der Waals surface area (Å²) < 4.78 is 18.2. The summed E-state index contributed by atoms with van der Waals surface area (Å²) in [5.74, 6) is 2.96. The van der Waals surface area contributed by atoms with Crippen LogP contribution in [0.5, 0.6) is 0 Å². The highest BCUT2D eigenvalue weighted by Gasteiger charge is 2.64. The lowest BCUT2D eigenvalue weighted by molar-refractivity contribution is -0.175. The van der Waals surface area contributed by atoms with Gasteiger partial charge in [0, 0.05) is 32.3 Å². The molecule has 10 unspecified atom stereocenters. The van der Waals surface area contributed by atoms with Gasteiger partial charge in [-0.05, 0) is 107 Å². The number of piperidine rings is 2. The van der Waals surface area contributed by atoms with Crippen molar-refractivity contribution >= 4 is 11.8 Å². The van der Waals surface area contributed by atoms with E-state index in [1.807, 2.05) is 6.92 Å². The van der Waals surface area contributed by atoms with Gasteiger partial charge in [0.15, 0.2) is 0 Å². The molecule has 3 saturated carbocycles. The Morgan fingerprint density at radius 1 is 0.925 bits per heavy atom. The van der Waals surface area contributed by atoms with E-state index < -0.39 is 6.10 Å². The highest BCUT2D eigenvalue weighted by molar-refractivity contribution is 5.83. The zero-order valence-corrected chi connectivity index (χ0v) is 25.3. The Balaban J connectivity index is 1.10. The molecule has 6 rings (SSSR count). The van der Waals surface area contributed by atoms with Gasteiger partial charge in [-0.2, -0.15) is 0 Å². The Kier molecular flexibility index (Phi) is 8.53. The number of rotatable bonds is 7. The highest BCUT2D eigenvalue weighted by atomic mass is 16.5. The van der Waals surface area contributed by atoms with Crippen molar-refractivity contribution < 1.29 is 23.8 Å². The molecule has 3 aliphatic carbocycles. The minimum absolute atomic E-state index is 0.0217. The van der Waals surface area contributed by atoms with E-state index in [1.165, 1.54) is 12.8 Å². The average molecular weight is 560 g/mol. The molecule has 3 saturated heterocycles. The average Bonchev–Trinajstić information content (AvgIpc) is 3.30. The van der Waals surface area contributed by atoms with Crippen LogP contribution in [-0.2, 0) is 23.8 Å². The summed E-state index contributed by atoms with van der Waals surface area (Å²) in [6, 6.07) is 1.16. The molecule has 8 heteroatoms. The maximum absolute atomic E-state index is 14.2. The van der Waals surface area contributed by atoms with Crippen LogP contribution in [0.25, 0.3) is 0 Å². The predicted octanol–water partition coefficient (Wildman–Crippen LogP) is 3.52. The molecule has 0 aromatic carbocycles. The molecule has 0 aromatic heterocycles. The number of hydrogen-bond acceptors (Lipinski definition) is 6. The normalized spacial score (nSPS) is 45.5. The van der Waals surface area contributed by atoms with Crippen molar-refractivity contribution in [2.45, 2.75) is 134 Å². The number of carbonyl (C=O) groups excluding carboxylic acids is 2. The second-order valence-corrected chi connectivity index (χ2v) is 14.2. The molecular formula is C32H53N3O5. The quantitative estimate of drug-likeness (QED) is 0.496. The minimum atomic E-state index is -0.438. The second kappa shape index (κ2) is 11.8. The molecule has 11 atom stereocenters. The van der Waals surface area contributed by atoms with Crippen molar-refractivity contribution in [2.24, 2.45) is 35.5 Å². The minimum Gasteiger partial charge on any atom is -0.379 e. The fourth-order valence-electron chi connectivity index (χ4n) is 10.1. The molecule has 8 nitrogen and oxygen atoms in total. The first-order valence-electron chi connectivity index (χ1n) is 16.4. The van der Waals surface area contributed by atoms with Gasteiger partial charge in [-0.3, -0.25) is 9.59 Å². The summed E-state index contributed by atoms with van der Waals surface area (Å²) >= 11 is 0. The lowest BCUT2D eigenvalue weighted by Crippen LogP contribution is -2.70. The molecule has 226 valence electrons. The highest BCUT2D eigenvalue weighted by Crippen LogP contribution is 2.54. The third kappa shape index (κ3) is 5.03. The summed E-state index contributed by atoms with van der Waals surface area (Å²) in [5, 5.41) is 7.15. The van der Waals surface area contributed by atoms with Gasteiger partial charge in [0.25, 0.3) is 0 Å². The molecular weight excluding hydrogens is 506 g/mol. The Morgan fingerprint density at radius 3 is 2.40 bits per heavy atom. The zero-order valence-electron chi connectivity index (χ0n) is 25.3. The molecule has 40 heavy (non-hydrogen) atoms. The standard InChI is InChI=1S/C32H53N3O5/c1-17(2)19-6-8-20(9-7-19)34-31(36)18(3)40-21-10-12-25-24(16-21)22-14-15-33-28-23-11-13-26(38-4)30(39-5)27(23)32(37)35(25)29(22)28/h17-30,33H,6-16H2,1-5H3,(H,34,36)/t18-,19?,20?,21?,22?,23?,24?,25?,26?,27?,28?,29?,30?/m1/s1. The van der Waals surface area contributed by atoms with Crippen LogP contribution in [0.2, 0.25) is 0 Å². The summed E-state index contributed by atoms with van der Waals surface area (Å²) in [6.07, 6.45) is 9.87. The lowest BCUT2D eigenvalue weighted by Gasteiger charge is -2.55. The third-order valence-corrected chi connectivity index (χ3v) is 12.1. The van der Waals surface area contributed by atoms with E-state index in [9.17, 15) is 9.59 Å². The number of ether oxygens (including phenoxy) is 3. The van der Waals surface area contributed by atoms with Gasteiger partial charge < -0.3 is 29.7 Å². The number of amides is 2. The van der Waals surface area contributed by atoms with Crippen LogP contribution in [0, 0.1) is 35.5 Å². The van der Waals surface area contributed by atoms with Crippen LogP contribution < -0.4 is 10.6 Å². The van der Waals surface area contributed by atoms with Crippen molar-refractivity contribution in [2.75, 3.05) is 20.8 Å². The number of nitrogens with zero attached hydrogens (tertiary/aromatic N) is 1. The van der Waals surface area contributed by atoms with Gasteiger partial charge in [0.2, 0.25) is 11.8 Å². The third-order valence-electron chi connectivity index (χ3n) is 12.1. The summed E-state index contributed by atoms with van der Waals surface area (Å²) in [7, 11) is 3.48. The van der Waals surface area contributed by atoms with Gasteiger partial charge in [0.1, 0.15) is 6.10 Å². The van der Waals surface area contributed by atoms with E-state index in [1.54, 1.807) is 14.2 Å². The molecule has 0 bridgehead atoms. The van der Waals surface area contributed by atoms with Crippen LogP contribution in [0.3, 0.4) is 0 Å². The number of fused-ring (bicyclic) bond motifs is 5. The molecule has 0 radical (unpaired) electrons. The fraction of sp³-hybridized carbons (Fsp3) is 0.938. The van der Waals surface area contributed by atoms with Gasteiger partial charge in [0.05, 0.1) is 30.3 Å². The number of methoxy groups -OCH3 is 2. The van der Waals surface area contributed by atoms with E-state index in [2.05, 4.69) is 29.4 Å². The molecule has 0 spiro atoms. The van der Waals surface area contributed by atoms with E-state index in [0.717, 1.165) is 69.7 Å². The summed E-state index contributed by atoms with van der Waals surface area (Å²) in [6.45, 7) is 7.55. The molecule has 0 aromatic rings. The molecule has 3 heterocycles. The maximum Gasteiger partial charge on any atom is 0.249 e. The Hall–Kier alpha value is -1.22. The second-order valence-electron chi connectivity index (χ2n) is 14.2. The molecule has 6 aliphatic rings. The lowest BCUT2D eigenvalue weighted by atomic mass is 9.64. The Labute approximate surface area is 241 Å². The van der Waals surface area contributed by atoms with Crippen LogP contribution >= 0.6 is 0 Å². The number of carbonyl (C=O) groups is 2. The smallest absolute Gasteiger partial charge is 0.249 e. The van der Waals surface area contributed by atoms with Crippen molar-refractivity contribution in [3.63, 3.8) is 0 Å². The molecule has 2 N–H and O–H groups in total. The van der Waals surface area contributed by atoms with Crippen LogP contribution in [0.4, 0.5) is 0 Å². The van der Waals surface area contributed by atoms with Crippen LogP contribution in [-0.4, -0.2) is 86.1 Å².